The molecule has 1 aliphatic heterocycles. The van der Waals surface area contributed by atoms with Gasteiger partial charge in [-0.25, -0.2) is 0 Å². The summed E-state index contributed by atoms with van der Waals surface area (Å²) in [4.78, 5) is 0.870. The van der Waals surface area contributed by atoms with E-state index in [1.54, 1.807) is 6.26 Å². The largest absolute Gasteiger partial charge is 0.385 e. The van der Waals surface area contributed by atoms with E-state index in [1.165, 1.54) is 0 Å². The second-order valence-electron chi connectivity index (χ2n) is 4.09. The standard InChI is InChI=1S/C12H17NO2S/c1-16(14)12-4-2-11(3-5-12)13-8-10-6-7-15-9-10/h2-5,10,13H,6-9H2,1H3. The molecular formula is C12H17NO2S. The van der Waals surface area contributed by atoms with E-state index in [1.807, 2.05) is 24.3 Å². The third-order valence-corrected chi connectivity index (χ3v) is 3.74. The van der Waals surface area contributed by atoms with Crippen LogP contribution in [0.1, 0.15) is 6.42 Å². The Morgan fingerprint density at radius 3 is 2.75 bits per heavy atom. The lowest BCUT2D eigenvalue weighted by Gasteiger charge is -2.10. The predicted molar refractivity (Wildman–Crippen MR) is 66.2 cm³/mol. The Kier molecular flexibility index (Phi) is 3.96. The average Bonchev–Trinajstić information content (AvgIpc) is 2.80. The number of rotatable bonds is 4. The van der Waals surface area contributed by atoms with Crippen molar-refractivity contribution in [3.63, 3.8) is 0 Å². The summed E-state index contributed by atoms with van der Waals surface area (Å²) in [6.07, 6.45) is 2.84. The minimum absolute atomic E-state index is 0.625. The molecule has 1 fully saturated rings. The topological polar surface area (TPSA) is 38.3 Å². The molecule has 1 aromatic carbocycles. The fourth-order valence-electron chi connectivity index (χ4n) is 1.77. The van der Waals surface area contributed by atoms with Crippen LogP contribution in [0.4, 0.5) is 5.69 Å². The first-order valence-corrected chi connectivity index (χ1v) is 7.06. The van der Waals surface area contributed by atoms with Crippen LogP contribution in [0.3, 0.4) is 0 Å². The summed E-state index contributed by atoms with van der Waals surface area (Å²) < 4.78 is 16.5. The zero-order valence-corrected chi connectivity index (χ0v) is 10.3. The van der Waals surface area contributed by atoms with Crippen LogP contribution in [-0.4, -0.2) is 30.2 Å². The molecule has 16 heavy (non-hydrogen) atoms. The summed E-state index contributed by atoms with van der Waals surface area (Å²) in [6.45, 7) is 2.71. The SMILES string of the molecule is CS(=O)c1ccc(NCC2CCOC2)cc1. The second-order valence-corrected chi connectivity index (χ2v) is 5.47. The summed E-state index contributed by atoms with van der Waals surface area (Å²) in [7, 11) is -0.891. The number of anilines is 1. The summed E-state index contributed by atoms with van der Waals surface area (Å²) in [5.41, 5.74) is 1.08. The van der Waals surface area contributed by atoms with Gasteiger partial charge in [-0.05, 0) is 30.7 Å². The van der Waals surface area contributed by atoms with E-state index in [-0.39, 0.29) is 0 Å². The van der Waals surface area contributed by atoms with E-state index in [0.717, 1.165) is 36.8 Å². The monoisotopic (exact) mass is 239 g/mol. The molecule has 1 aliphatic rings. The molecule has 3 nitrogen and oxygen atoms in total. The molecular weight excluding hydrogens is 222 g/mol. The van der Waals surface area contributed by atoms with Crippen molar-refractivity contribution in [1.82, 2.24) is 0 Å². The van der Waals surface area contributed by atoms with Gasteiger partial charge in [-0.3, -0.25) is 4.21 Å². The number of hydrogen-bond acceptors (Lipinski definition) is 3. The van der Waals surface area contributed by atoms with Gasteiger partial charge in [0.25, 0.3) is 0 Å². The molecule has 4 heteroatoms. The molecule has 1 aromatic rings. The highest BCUT2D eigenvalue weighted by Crippen LogP contribution is 2.15. The molecule has 0 radical (unpaired) electrons. The normalized spacial score (nSPS) is 21.9. The molecule has 2 atom stereocenters. The third-order valence-electron chi connectivity index (χ3n) is 2.81. The molecule has 0 saturated carbocycles. The van der Waals surface area contributed by atoms with Crippen molar-refractivity contribution in [1.29, 1.82) is 0 Å². The van der Waals surface area contributed by atoms with E-state index in [4.69, 9.17) is 4.74 Å². The van der Waals surface area contributed by atoms with E-state index < -0.39 is 10.8 Å². The lowest BCUT2D eigenvalue weighted by Crippen LogP contribution is -2.13. The molecule has 2 rings (SSSR count). The highest BCUT2D eigenvalue weighted by atomic mass is 32.2. The van der Waals surface area contributed by atoms with Crippen LogP contribution in [0.2, 0.25) is 0 Å². The van der Waals surface area contributed by atoms with Crippen LogP contribution in [0.15, 0.2) is 29.2 Å². The maximum absolute atomic E-state index is 11.2. The predicted octanol–water partition coefficient (Wildman–Crippen LogP) is 1.87. The number of ether oxygens (including phenoxy) is 1. The Morgan fingerprint density at radius 2 is 2.19 bits per heavy atom. The Morgan fingerprint density at radius 1 is 1.44 bits per heavy atom. The highest BCUT2D eigenvalue weighted by molar-refractivity contribution is 7.84. The molecule has 88 valence electrons. The minimum Gasteiger partial charge on any atom is -0.385 e. The van der Waals surface area contributed by atoms with Gasteiger partial charge in [0, 0.05) is 46.7 Å². The highest BCUT2D eigenvalue weighted by Gasteiger charge is 2.14. The van der Waals surface area contributed by atoms with Crippen molar-refractivity contribution in [3.8, 4) is 0 Å². The first-order chi connectivity index (χ1) is 7.75. The minimum atomic E-state index is -0.891. The zero-order chi connectivity index (χ0) is 11.4. The third kappa shape index (κ3) is 3.06. The van der Waals surface area contributed by atoms with E-state index in [9.17, 15) is 4.21 Å². The van der Waals surface area contributed by atoms with E-state index in [2.05, 4.69) is 5.32 Å². The van der Waals surface area contributed by atoms with Crippen molar-refractivity contribution in [3.05, 3.63) is 24.3 Å². The maximum Gasteiger partial charge on any atom is 0.0511 e. The molecule has 0 amide bonds. The average molecular weight is 239 g/mol. The molecule has 0 aliphatic carbocycles. The van der Waals surface area contributed by atoms with Crippen LogP contribution in [0.5, 0.6) is 0 Å². The molecule has 1 heterocycles. The first-order valence-electron chi connectivity index (χ1n) is 5.51. The summed E-state index contributed by atoms with van der Waals surface area (Å²) in [5.74, 6) is 0.625. The Balaban J connectivity index is 1.87. The van der Waals surface area contributed by atoms with Gasteiger partial charge in [0.05, 0.1) is 6.61 Å². The Hall–Kier alpha value is -0.870. The van der Waals surface area contributed by atoms with Gasteiger partial charge < -0.3 is 10.1 Å². The molecule has 1 N–H and O–H groups in total. The molecule has 0 bridgehead atoms. The van der Waals surface area contributed by atoms with Crippen LogP contribution in [0, 0.1) is 5.92 Å². The lowest BCUT2D eigenvalue weighted by molar-refractivity contribution is 0.187. The first kappa shape index (κ1) is 11.6. The molecule has 0 spiro atoms. The van der Waals surface area contributed by atoms with Crippen molar-refractivity contribution in [2.24, 2.45) is 5.92 Å². The fraction of sp³-hybridized carbons (Fsp3) is 0.500. The van der Waals surface area contributed by atoms with Gasteiger partial charge in [0.2, 0.25) is 0 Å². The van der Waals surface area contributed by atoms with Gasteiger partial charge in [-0.1, -0.05) is 0 Å². The van der Waals surface area contributed by atoms with Crippen LogP contribution in [0.25, 0.3) is 0 Å². The lowest BCUT2D eigenvalue weighted by atomic mass is 10.1. The number of hydrogen-bond donors (Lipinski definition) is 1. The van der Waals surface area contributed by atoms with Crippen molar-refractivity contribution in [2.45, 2.75) is 11.3 Å². The Bertz CT molecular complexity index is 358. The van der Waals surface area contributed by atoms with Gasteiger partial charge in [-0.15, -0.1) is 0 Å². The number of benzene rings is 1. The van der Waals surface area contributed by atoms with Crippen molar-refractivity contribution < 1.29 is 8.95 Å². The van der Waals surface area contributed by atoms with Crippen LogP contribution < -0.4 is 5.32 Å². The smallest absolute Gasteiger partial charge is 0.0511 e. The summed E-state index contributed by atoms with van der Waals surface area (Å²) in [6, 6.07) is 7.77. The van der Waals surface area contributed by atoms with Crippen LogP contribution in [-0.2, 0) is 15.5 Å². The molecule has 1 saturated heterocycles. The molecule has 0 aromatic heterocycles. The van der Waals surface area contributed by atoms with Gasteiger partial charge in [0.15, 0.2) is 0 Å². The van der Waals surface area contributed by atoms with Gasteiger partial charge in [-0.2, -0.15) is 0 Å². The maximum atomic E-state index is 11.2. The van der Waals surface area contributed by atoms with Gasteiger partial charge in [0.1, 0.15) is 0 Å². The number of nitrogens with one attached hydrogen (secondary N) is 1. The second kappa shape index (κ2) is 5.46. The quantitative estimate of drug-likeness (QED) is 0.871. The van der Waals surface area contributed by atoms with Crippen LogP contribution >= 0.6 is 0 Å². The summed E-state index contributed by atoms with van der Waals surface area (Å²) in [5, 5.41) is 3.37. The van der Waals surface area contributed by atoms with Gasteiger partial charge >= 0.3 is 0 Å². The Labute approximate surface area is 98.7 Å². The molecule has 2 unspecified atom stereocenters. The van der Waals surface area contributed by atoms with E-state index >= 15 is 0 Å². The van der Waals surface area contributed by atoms with Crippen molar-refractivity contribution in [2.75, 3.05) is 31.3 Å². The van der Waals surface area contributed by atoms with E-state index in [0.29, 0.717) is 5.92 Å². The zero-order valence-electron chi connectivity index (χ0n) is 9.44. The fourth-order valence-corrected chi connectivity index (χ4v) is 2.29. The van der Waals surface area contributed by atoms with Crippen molar-refractivity contribution >= 4 is 16.5 Å². The summed E-state index contributed by atoms with van der Waals surface area (Å²) >= 11 is 0.